The highest BCUT2D eigenvalue weighted by atomic mass is 16.7. The van der Waals surface area contributed by atoms with Gasteiger partial charge in [-0.15, -0.1) is 0 Å². The van der Waals surface area contributed by atoms with Crippen molar-refractivity contribution in [3.8, 4) is 0 Å². The first kappa shape index (κ1) is 20.1. The Labute approximate surface area is 188 Å². The molecular formula is C28H28O4. The van der Waals surface area contributed by atoms with E-state index in [0.717, 1.165) is 22.3 Å². The number of benzene rings is 3. The molecule has 4 heteroatoms. The molecular weight excluding hydrogens is 400 g/mol. The second kappa shape index (κ2) is 7.53. The third kappa shape index (κ3) is 2.77. The van der Waals surface area contributed by atoms with Gasteiger partial charge in [0.1, 0.15) is 0 Å². The van der Waals surface area contributed by atoms with E-state index in [2.05, 4.69) is 24.3 Å². The summed E-state index contributed by atoms with van der Waals surface area (Å²) in [5.41, 5.74) is 3.01. The summed E-state index contributed by atoms with van der Waals surface area (Å²) in [6, 6.07) is 28.3. The van der Waals surface area contributed by atoms with Crippen LogP contribution in [0.1, 0.15) is 59.1 Å². The molecule has 1 heterocycles. The van der Waals surface area contributed by atoms with Crippen molar-refractivity contribution >= 4 is 0 Å². The van der Waals surface area contributed by atoms with Crippen molar-refractivity contribution in [2.75, 3.05) is 13.2 Å². The Hall–Kier alpha value is -2.50. The molecule has 4 atom stereocenters. The minimum absolute atomic E-state index is 0.154. The van der Waals surface area contributed by atoms with E-state index in [1.54, 1.807) is 0 Å². The van der Waals surface area contributed by atoms with Gasteiger partial charge in [0, 0.05) is 30.1 Å². The van der Waals surface area contributed by atoms with Crippen molar-refractivity contribution < 1.29 is 19.7 Å². The van der Waals surface area contributed by atoms with Crippen LogP contribution in [0.2, 0.25) is 0 Å². The van der Waals surface area contributed by atoms with E-state index < -0.39 is 23.4 Å². The SMILES string of the molecule is OC1c2ccccc2C(O)C12[C@@H](c1ccccc1)CC1(C[C@H]2c2ccccc2)OCCO1. The van der Waals surface area contributed by atoms with Gasteiger partial charge < -0.3 is 19.7 Å². The van der Waals surface area contributed by atoms with Gasteiger partial charge in [-0.3, -0.25) is 0 Å². The molecule has 0 amide bonds. The molecule has 3 aliphatic rings. The van der Waals surface area contributed by atoms with E-state index in [4.69, 9.17) is 9.47 Å². The molecule has 164 valence electrons. The van der Waals surface area contributed by atoms with Gasteiger partial charge in [0.15, 0.2) is 5.79 Å². The largest absolute Gasteiger partial charge is 0.388 e. The second-order valence-electron chi connectivity index (χ2n) is 9.38. The van der Waals surface area contributed by atoms with Gasteiger partial charge >= 0.3 is 0 Å². The van der Waals surface area contributed by atoms with Crippen LogP contribution in [-0.2, 0) is 9.47 Å². The molecule has 0 radical (unpaired) electrons. The Balaban J connectivity index is 1.61. The Bertz CT molecular complexity index is 1010. The van der Waals surface area contributed by atoms with E-state index in [1.165, 1.54) is 0 Å². The molecule has 2 aliphatic carbocycles. The van der Waals surface area contributed by atoms with Gasteiger partial charge in [-0.25, -0.2) is 0 Å². The number of aliphatic hydroxyl groups is 2. The van der Waals surface area contributed by atoms with Crippen LogP contribution >= 0.6 is 0 Å². The molecule has 32 heavy (non-hydrogen) atoms. The molecule has 1 saturated carbocycles. The van der Waals surface area contributed by atoms with Gasteiger partial charge in [-0.1, -0.05) is 84.9 Å². The summed E-state index contributed by atoms with van der Waals surface area (Å²) < 4.78 is 12.5. The Morgan fingerprint density at radius 1 is 0.594 bits per heavy atom. The zero-order valence-corrected chi connectivity index (χ0v) is 17.9. The summed E-state index contributed by atoms with van der Waals surface area (Å²) in [5, 5.41) is 24.0. The fraction of sp³-hybridized carbons (Fsp3) is 0.357. The number of hydrogen-bond donors (Lipinski definition) is 2. The lowest BCUT2D eigenvalue weighted by molar-refractivity contribution is -0.229. The van der Waals surface area contributed by atoms with Crippen LogP contribution in [0.15, 0.2) is 84.9 Å². The predicted molar refractivity (Wildman–Crippen MR) is 121 cm³/mol. The van der Waals surface area contributed by atoms with Crippen molar-refractivity contribution in [3.63, 3.8) is 0 Å². The second-order valence-corrected chi connectivity index (χ2v) is 9.38. The van der Waals surface area contributed by atoms with Crippen LogP contribution in [0.5, 0.6) is 0 Å². The van der Waals surface area contributed by atoms with E-state index in [1.807, 2.05) is 60.7 Å². The molecule has 1 aliphatic heterocycles. The first-order valence-electron chi connectivity index (χ1n) is 11.5. The van der Waals surface area contributed by atoms with Crippen LogP contribution in [-0.4, -0.2) is 29.2 Å². The van der Waals surface area contributed by atoms with E-state index in [9.17, 15) is 10.2 Å². The maximum atomic E-state index is 12.0. The molecule has 1 saturated heterocycles. The van der Waals surface area contributed by atoms with Gasteiger partial charge in [0.05, 0.1) is 25.4 Å². The first-order chi connectivity index (χ1) is 15.7. The summed E-state index contributed by atoms with van der Waals surface area (Å²) in [4.78, 5) is 0. The highest BCUT2D eigenvalue weighted by Crippen LogP contribution is 2.71. The number of ether oxygens (including phenoxy) is 2. The summed E-state index contributed by atoms with van der Waals surface area (Å²) in [6.07, 6.45) is -0.406. The predicted octanol–water partition coefficient (Wildman–Crippen LogP) is 4.86. The zero-order chi connectivity index (χ0) is 21.8. The van der Waals surface area contributed by atoms with Crippen molar-refractivity contribution in [1.82, 2.24) is 0 Å². The molecule has 2 unspecified atom stereocenters. The number of rotatable bonds is 2. The molecule has 0 bridgehead atoms. The van der Waals surface area contributed by atoms with E-state index in [0.29, 0.717) is 26.1 Å². The van der Waals surface area contributed by atoms with Crippen molar-refractivity contribution in [2.24, 2.45) is 5.41 Å². The Morgan fingerprint density at radius 2 is 1.00 bits per heavy atom. The van der Waals surface area contributed by atoms with E-state index >= 15 is 0 Å². The lowest BCUT2D eigenvalue weighted by atomic mass is 9.52. The van der Waals surface area contributed by atoms with Gasteiger partial charge in [0.25, 0.3) is 0 Å². The Morgan fingerprint density at radius 3 is 1.44 bits per heavy atom. The summed E-state index contributed by atoms with van der Waals surface area (Å²) in [7, 11) is 0. The standard InChI is InChI=1S/C28H28O4/c29-25-21-13-7-8-14-22(21)26(30)28(25)23(19-9-3-1-4-10-19)17-27(31-15-16-32-27)18-24(28)20-11-5-2-6-12-20/h1-14,23-26,29-30H,15-18H2/t23-,24+,25?,26?,28?. The van der Waals surface area contributed by atoms with Crippen LogP contribution in [0.25, 0.3) is 0 Å². The molecule has 3 aromatic rings. The van der Waals surface area contributed by atoms with Crippen molar-refractivity contribution in [1.29, 1.82) is 0 Å². The zero-order valence-electron chi connectivity index (χ0n) is 17.9. The van der Waals surface area contributed by atoms with Crippen LogP contribution in [0.4, 0.5) is 0 Å². The quantitative estimate of drug-likeness (QED) is 0.612. The smallest absolute Gasteiger partial charge is 0.169 e. The molecule has 4 nitrogen and oxygen atoms in total. The first-order valence-corrected chi connectivity index (χ1v) is 11.5. The average molecular weight is 429 g/mol. The van der Waals surface area contributed by atoms with Crippen molar-refractivity contribution in [3.05, 3.63) is 107 Å². The van der Waals surface area contributed by atoms with Crippen LogP contribution < -0.4 is 0 Å². The molecule has 2 fully saturated rings. The van der Waals surface area contributed by atoms with Gasteiger partial charge in [-0.2, -0.15) is 0 Å². The highest BCUT2D eigenvalue weighted by molar-refractivity contribution is 5.46. The normalized spacial score (nSPS) is 32.9. The monoisotopic (exact) mass is 428 g/mol. The van der Waals surface area contributed by atoms with Gasteiger partial charge in [0.2, 0.25) is 0 Å². The number of hydrogen-bond acceptors (Lipinski definition) is 4. The minimum atomic E-state index is -0.826. The summed E-state index contributed by atoms with van der Waals surface area (Å²) in [5.74, 6) is -1.02. The molecule has 6 rings (SSSR count). The highest BCUT2D eigenvalue weighted by Gasteiger charge is 2.67. The minimum Gasteiger partial charge on any atom is -0.388 e. The van der Waals surface area contributed by atoms with Crippen LogP contribution in [0, 0.1) is 5.41 Å². The molecule has 3 aromatic carbocycles. The molecule has 2 spiro atoms. The topological polar surface area (TPSA) is 58.9 Å². The van der Waals surface area contributed by atoms with Gasteiger partial charge in [-0.05, 0) is 22.3 Å². The van der Waals surface area contributed by atoms with Crippen LogP contribution in [0.3, 0.4) is 0 Å². The number of fused-ring (bicyclic) bond motifs is 1. The fourth-order valence-electron chi connectivity index (χ4n) is 6.68. The lowest BCUT2D eigenvalue weighted by Crippen LogP contribution is -2.53. The average Bonchev–Trinajstić information content (AvgIpc) is 3.39. The van der Waals surface area contributed by atoms with Crippen molar-refractivity contribution in [2.45, 2.75) is 42.7 Å². The lowest BCUT2D eigenvalue weighted by Gasteiger charge is -2.56. The maximum Gasteiger partial charge on any atom is 0.169 e. The fourth-order valence-corrected chi connectivity index (χ4v) is 6.68. The summed E-state index contributed by atoms with van der Waals surface area (Å²) >= 11 is 0. The van der Waals surface area contributed by atoms with E-state index in [-0.39, 0.29) is 11.8 Å². The summed E-state index contributed by atoms with van der Waals surface area (Å²) in [6.45, 7) is 1.14. The number of aliphatic hydroxyl groups excluding tert-OH is 2. The molecule has 2 N–H and O–H groups in total. The third-order valence-electron chi connectivity index (χ3n) is 7.99. The Kier molecular flexibility index (Phi) is 4.74. The maximum absolute atomic E-state index is 12.0. The molecule has 0 aromatic heterocycles. The third-order valence-corrected chi connectivity index (χ3v) is 7.99.